The van der Waals surface area contributed by atoms with E-state index in [0.29, 0.717) is 17.4 Å². The Hall–Kier alpha value is -1.69. The topological polar surface area (TPSA) is 59.8 Å². The first-order chi connectivity index (χ1) is 9.13. The van der Waals surface area contributed by atoms with E-state index < -0.39 is 0 Å². The summed E-state index contributed by atoms with van der Waals surface area (Å²) >= 11 is 3.37. The van der Waals surface area contributed by atoms with Gasteiger partial charge in [0.1, 0.15) is 11.5 Å². The van der Waals surface area contributed by atoms with E-state index in [2.05, 4.69) is 31.2 Å². The van der Waals surface area contributed by atoms with Gasteiger partial charge in [-0.05, 0) is 34.8 Å². The van der Waals surface area contributed by atoms with Gasteiger partial charge in [0.05, 0.1) is 11.9 Å². The largest absolute Gasteiger partial charge is 0.334 e. The van der Waals surface area contributed by atoms with Gasteiger partial charge in [-0.25, -0.2) is 4.98 Å². The molecule has 1 aliphatic carbocycles. The molecule has 6 heteroatoms. The van der Waals surface area contributed by atoms with Gasteiger partial charge in [-0.2, -0.15) is 0 Å². The van der Waals surface area contributed by atoms with Crippen molar-refractivity contribution in [2.75, 3.05) is 5.32 Å². The highest BCUT2D eigenvalue weighted by Gasteiger charge is 2.25. The van der Waals surface area contributed by atoms with Crippen molar-refractivity contribution in [3.8, 4) is 0 Å². The van der Waals surface area contributed by atoms with Crippen molar-refractivity contribution in [2.45, 2.75) is 18.8 Å². The average molecular weight is 321 g/mol. The van der Waals surface area contributed by atoms with Crippen LogP contribution in [0.5, 0.6) is 0 Å². The Morgan fingerprint density at radius 1 is 1.42 bits per heavy atom. The highest BCUT2D eigenvalue weighted by molar-refractivity contribution is 9.10. The fourth-order valence-corrected chi connectivity index (χ4v) is 2.45. The van der Waals surface area contributed by atoms with E-state index in [1.807, 2.05) is 0 Å². The molecule has 19 heavy (non-hydrogen) atoms. The molecule has 98 valence electrons. The fourth-order valence-electron chi connectivity index (χ4n) is 1.92. The zero-order valence-corrected chi connectivity index (χ0v) is 12.0. The maximum atomic E-state index is 12.0. The summed E-state index contributed by atoms with van der Waals surface area (Å²) < 4.78 is 2.35. The van der Waals surface area contributed by atoms with Crippen LogP contribution in [0, 0.1) is 0 Å². The Kier molecular flexibility index (Phi) is 3.10. The van der Waals surface area contributed by atoms with Gasteiger partial charge < -0.3 is 9.88 Å². The van der Waals surface area contributed by atoms with Crippen LogP contribution < -0.4 is 10.9 Å². The highest BCUT2D eigenvalue weighted by Crippen LogP contribution is 2.38. The minimum absolute atomic E-state index is 0.0955. The van der Waals surface area contributed by atoms with Crippen LogP contribution in [0.25, 0.3) is 0 Å². The SMILES string of the molecule is Cn1cc(Br)cc(Nc2cncc(C3CC3)n2)c1=O. The smallest absolute Gasteiger partial charge is 0.274 e. The average Bonchev–Trinajstić information content (AvgIpc) is 3.20. The Bertz CT molecular complexity index is 679. The van der Waals surface area contributed by atoms with Gasteiger partial charge in [0.25, 0.3) is 5.56 Å². The molecule has 1 N–H and O–H groups in total. The summed E-state index contributed by atoms with van der Waals surface area (Å²) in [5.74, 6) is 1.15. The summed E-state index contributed by atoms with van der Waals surface area (Å²) in [7, 11) is 1.71. The van der Waals surface area contributed by atoms with Gasteiger partial charge in [0, 0.05) is 29.8 Å². The third-order valence-corrected chi connectivity index (χ3v) is 3.50. The first-order valence-electron chi connectivity index (χ1n) is 6.08. The highest BCUT2D eigenvalue weighted by atomic mass is 79.9. The molecule has 0 atom stereocenters. The van der Waals surface area contributed by atoms with E-state index in [4.69, 9.17) is 0 Å². The Morgan fingerprint density at radius 2 is 2.21 bits per heavy atom. The Morgan fingerprint density at radius 3 is 2.95 bits per heavy atom. The van der Waals surface area contributed by atoms with Crippen LogP contribution >= 0.6 is 15.9 Å². The molecule has 0 bridgehead atoms. The molecule has 1 aliphatic rings. The first kappa shape index (κ1) is 12.3. The molecule has 2 heterocycles. The second-order valence-electron chi connectivity index (χ2n) is 4.72. The number of nitrogens with zero attached hydrogens (tertiary/aromatic N) is 3. The van der Waals surface area contributed by atoms with Gasteiger partial charge in [0.2, 0.25) is 0 Å². The summed E-state index contributed by atoms with van der Waals surface area (Å²) in [5, 5.41) is 3.04. The van der Waals surface area contributed by atoms with E-state index in [1.54, 1.807) is 31.7 Å². The number of anilines is 2. The van der Waals surface area contributed by atoms with Crippen LogP contribution in [0.1, 0.15) is 24.5 Å². The van der Waals surface area contributed by atoms with Gasteiger partial charge in [-0.3, -0.25) is 9.78 Å². The lowest BCUT2D eigenvalue weighted by Crippen LogP contribution is -2.19. The molecule has 0 radical (unpaired) electrons. The van der Waals surface area contributed by atoms with Crippen molar-refractivity contribution < 1.29 is 0 Å². The van der Waals surface area contributed by atoms with Crippen molar-refractivity contribution in [2.24, 2.45) is 7.05 Å². The maximum Gasteiger partial charge on any atom is 0.274 e. The monoisotopic (exact) mass is 320 g/mol. The number of hydrogen-bond acceptors (Lipinski definition) is 4. The van der Waals surface area contributed by atoms with E-state index in [0.717, 1.165) is 10.2 Å². The van der Waals surface area contributed by atoms with E-state index in [1.165, 1.54) is 17.4 Å². The number of aromatic nitrogens is 3. The molecule has 5 nitrogen and oxygen atoms in total. The van der Waals surface area contributed by atoms with Crippen LogP contribution in [0.3, 0.4) is 0 Å². The van der Waals surface area contributed by atoms with Crippen molar-refractivity contribution >= 4 is 27.4 Å². The standard InChI is InChI=1S/C13H13BrN4O/c1-18-7-9(14)4-10(13(18)19)16-12-6-15-5-11(17-12)8-2-3-8/h4-8H,2-3H2,1H3,(H,16,17). The molecule has 1 fully saturated rings. The number of hydrogen-bond donors (Lipinski definition) is 1. The van der Waals surface area contributed by atoms with E-state index >= 15 is 0 Å². The zero-order valence-electron chi connectivity index (χ0n) is 10.4. The second kappa shape index (κ2) is 4.77. The van der Waals surface area contributed by atoms with E-state index in [-0.39, 0.29) is 5.56 Å². The normalized spacial score (nSPS) is 14.4. The number of halogens is 1. The predicted molar refractivity (Wildman–Crippen MR) is 76.7 cm³/mol. The number of pyridine rings is 1. The molecule has 1 saturated carbocycles. The lowest BCUT2D eigenvalue weighted by atomic mass is 10.3. The summed E-state index contributed by atoms with van der Waals surface area (Å²) in [6, 6.07) is 1.74. The van der Waals surface area contributed by atoms with Crippen LogP contribution in [0.4, 0.5) is 11.5 Å². The molecule has 0 aliphatic heterocycles. The van der Waals surface area contributed by atoms with Crippen LogP contribution in [0.2, 0.25) is 0 Å². The van der Waals surface area contributed by atoms with Crippen LogP contribution in [-0.2, 0) is 7.05 Å². The fraction of sp³-hybridized carbons (Fsp3) is 0.308. The quantitative estimate of drug-likeness (QED) is 0.944. The summed E-state index contributed by atoms with van der Waals surface area (Å²) in [6.45, 7) is 0. The zero-order chi connectivity index (χ0) is 13.4. The lowest BCUT2D eigenvalue weighted by molar-refractivity contribution is 0.857. The molecule has 0 saturated heterocycles. The van der Waals surface area contributed by atoms with Crippen LogP contribution in [0.15, 0.2) is 33.9 Å². The molecule has 2 aromatic rings. The van der Waals surface area contributed by atoms with Crippen molar-refractivity contribution in [1.82, 2.24) is 14.5 Å². The van der Waals surface area contributed by atoms with Gasteiger partial charge in [0.15, 0.2) is 0 Å². The molecule has 0 aromatic carbocycles. The Balaban J connectivity index is 1.92. The molecule has 0 unspecified atom stereocenters. The van der Waals surface area contributed by atoms with Crippen LogP contribution in [-0.4, -0.2) is 14.5 Å². The number of rotatable bonds is 3. The maximum absolute atomic E-state index is 12.0. The lowest BCUT2D eigenvalue weighted by Gasteiger charge is -2.08. The molecule has 3 rings (SSSR count). The summed E-state index contributed by atoms with van der Waals surface area (Å²) in [4.78, 5) is 20.7. The third kappa shape index (κ3) is 2.68. The summed E-state index contributed by atoms with van der Waals surface area (Å²) in [6.07, 6.45) is 7.50. The molecule has 0 spiro atoms. The first-order valence-corrected chi connectivity index (χ1v) is 6.88. The summed E-state index contributed by atoms with van der Waals surface area (Å²) in [5.41, 5.74) is 1.39. The van der Waals surface area contributed by atoms with Crippen molar-refractivity contribution in [1.29, 1.82) is 0 Å². The second-order valence-corrected chi connectivity index (χ2v) is 5.63. The van der Waals surface area contributed by atoms with Gasteiger partial charge >= 0.3 is 0 Å². The van der Waals surface area contributed by atoms with Gasteiger partial charge in [-0.1, -0.05) is 0 Å². The van der Waals surface area contributed by atoms with E-state index in [9.17, 15) is 4.79 Å². The number of nitrogens with one attached hydrogen (secondary N) is 1. The Labute approximate surface area is 118 Å². The molecular weight excluding hydrogens is 308 g/mol. The minimum Gasteiger partial charge on any atom is -0.334 e. The van der Waals surface area contributed by atoms with Crippen molar-refractivity contribution in [3.05, 3.63) is 45.2 Å². The molecular formula is C13H13BrN4O. The number of aryl methyl sites for hydroxylation is 1. The predicted octanol–water partition coefficient (Wildman–Crippen LogP) is 2.56. The van der Waals surface area contributed by atoms with Gasteiger partial charge in [-0.15, -0.1) is 0 Å². The minimum atomic E-state index is -0.0955. The van der Waals surface area contributed by atoms with Crippen molar-refractivity contribution in [3.63, 3.8) is 0 Å². The third-order valence-electron chi connectivity index (χ3n) is 3.06. The molecule has 0 amide bonds. The molecule has 2 aromatic heterocycles.